The van der Waals surface area contributed by atoms with E-state index in [2.05, 4.69) is 9.72 Å². The zero-order valence-electron chi connectivity index (χ0n) is 12.9. The molecule has 0 spiro atoms. The summed E-state index contributed by atoms with van der Waals surface area (Å²) in [6.45, 7) is 0.433. The maximum absolute atomic E-state index is 13.2. The Morgan fingerprint density at radius 1 is 1.36 bits per heavy atom. The van der Waals surface area contributed by atoms with Gasteiger partial charge in [-0.25, -0.2) is 4.98 Å². The van der Waals surface area contributed by atoms with E-state index in [0.29, 0.717) is 13.0 Å². The molecular formula is C16H14F4N2O2S. The molecule has 0 saturated carbocycles. The third kappa shape index (κ3) is 3.60. The first-order chi connectivity index (χ1) is 11.9. The number of amides is 1. The van der Waals surface area contributed by atoms with E-state index in [9.17, 15) is 22.4 Å². The normalized spacial score (nSPS) is 18.0. The van der Waals surface area contributed by atoms with Crippen molar-refractivity contribution >= 4 is 17.2 Å². The molecular weight excluding hydrogens is 360 g/mol. The molecule has 1 atom stereocenters. The van der Waals surface area contributed by atoms with Crippen LogP contribution in [0.5, 0.6) is 5.75 Å². The van der Waals surface area contributed by atoms with Gasteiger partial charge in [-0.2, -0.15) is 17.6 Å². The molecule has 1 saturated heterocycles. The summed E-state index contributed by atoms with van der Waals surface area (Å²) in [5.74, 6) is -1.11. The highest BCUT2D eigenvalue weighted by Gasteiger charge is 2.45. The Balaban J connectivity index is 1.88. The second-order valence-electron chi connectivity index (χ2n) is 5.49. The van der Waals surface area contributed by atoms with E-state index >= 15 is 0 Å². The number of thiazole rings is 1. The quantitative estimate of drug-likeness (QED) is 0.731. The van der Waals surface area contributed by atoms with Gasteiger partial charge in [0.1, 0.15) is 10.8 Å². The number of rotatable bonds is 5. The van der Waals surface area contributed by atoms with Crippen molar-refractivity contribution < 1.29 is 27.1 Å². The van der Waals surface area contributed by atoms with Crippen molar-refractivity contribution in [1.82, 2.24) is 9.88 Å². The fourth-order valence-electron chi connectivity index (χ4n) is 2.74. The van der Waals surface area contributed by atoms with Gasteiger partial charge in [0.25, 0.3) is 5.91 Å². The minimum absolute atomic E-state index is 0.175. The highest BCUT2D eigenvalue weighted by atomic mass is 32.1. The van der Waals surface area contributed by atoms with Crippen molar-refractivity contribution in [2.45, 2.75) is 31.4 Å². The molecule has 2 aromatic rings. The lowest BCUT2D eigenvalue weighted by Gasteiger charge is -2.25. The number of alkyl halides is 4. The second kappa shape index (κ2) is 6.99. The summed E-state index contributed by atoms with van der Waals surface area (Å²) in [4.78, 5) is 18.5. The number of hydrogen-bond acceptors (Lipinski definition) is 4. The molecule has 1 aliphatic heterocycles. The molecule has 0 N–H and O–H groups in total. The molecule has 0 bridgehead atoms. The number of aromatic nitrogens is 1. The van der Waals surface area contributed by atoms with Crippen molar-refractivity contribution in [3.8, 4) is 5.75 Å². The Labute approximate surface area is 145 Å². The molecule has 1 aliphatic rings. The van der Waals surface area contributed by atoms with Crippen LogP contribution >= 0.6 is 11.3 Å². The third-order valence-corrected chi connectivity index (χ3v) is 4.74. The number of hydrogen-bond donors (Lipinski definition) is 0. The average molecular weight is 374 g/mol. The summed E-state index contributed by atoms with van der Waals surface area (Å²) in [6.07, 6.45) is -5.59. The van der Waals surface area contributed by atoms with Crippen LogP contribution in [0.25, 0.3) is 0 Å². The first-order valence-corrected chi connectivity index (χ1v) is 8.42. The van der Waals surface area contributed by atoms with Gasteiger partial charge in [-0.15, -0.1) is 11.3 Å². The number of likely N-dealkylation sites (tertiary alicyclic amines) is 1. The summed E-state index contributed by atoms with van der Waals surface area (Å²) in [6, 6.07) is 4.93. The third-order valence-electron chi connectivity index (χ3n) is 3.87. The van der Waals surface area contributed by atoms with Crippen LogP contribution < -0.4 is 4.74 Å². The lowest BCUT2D eigenvalue weighted by molar-refractivity contribution is -0.253. The Bertz CT molecular complexity index is 739. The van der Waals surface area contributed by atoms with E-state index in [1.54, 1.807) is 11.6 Å². The average Bonchev–Trinajstić information content (AvgIpc) is 3.25. The molecule has 1 fully saturated rings. The predicted octanol–water partition coefficient (Wildman–Crippen LogP) is 4.36. The van der Waals surface area contributed by atoms with Crippen molar-refractivity contribution in [3.63, 3.8) is 0 Å². The number of halogens is 4. The number of benzene rings is 1. The maximum atomic E-state index is 13.2. The minimum Gasteiger partial charge on any atom is -0.427 e. The molecule has 1 aromatic heterocycles. The van der Waals surface area contributed by atoms with Crippen molar-refractivity contribution in [2.75, 3.05) is 6.54 Å². The summed E-state index contributed by atoms with van der Waals surface area (Å²) >= 11 is 1.40. The molecule has 3 rings (SSSR count). The number of ether oxygens (including phenoxy) is 1. The smallest absolute Gasteiger partial charge is 0.427 e. The molecule has 1 unspecified atom stereocenters. The lowest BCUT2D eigenvalue weighted by Crippen LogP contribution is -2.35. The van der Waals surface area contributed by atoms with Crippen LogP contribution in [0, 0.1) is 0 Å². The van der Waals surface area contributed by atoms with Gasteiger partial charge in [-0.1, -0.05) is 12.1 Å². The Hall–Kier alpha value is -2.16. The largest absolute Gasteiger partial charge is 0.461 e. The van der Waals surface area contributed by atoms with Crippen LogP contribution in [-0.2, 0) is 0 Å². The molecule has 1 amide bonds. The zero-order chi connectivity index (χ0) is 18.0. The van der Waals surface area contributed by atoms with E-state index < -0.39 is 24.2 Å². The summed E-state index contributed by atoms with van der Waals surface area (Å²) in [7, 11) is 0. The van der Waals surface area contributed by atoms with Gasteiger partial charge >= 0.3 is 12.5 Å². The van der Waals surface area contributed by atoms with Gasteiger partial charge in [0.05, 0.1) is 11.6 Å². The molecule has 9 heteroatoms. The van der Waals surface area contributed by atoms with Gasteiger partial charge in [0.2, 0.25) is 0 Å². The summed E-state index contributed by atoms with van der Waals surface area (Å²) in [5, 5.41) is 2.54. The van der Waals surface area contributed by atoms with Gasteiger partial charge in [-0.05, 0) is 25.0 Å². The monoisotopic (exact) mass is 374 g/mol. The fraction of sp³-hybridized carbons (Fsp3) is 0.375. The molecule has 4 nitrogen and oxygen atoms in total. The summed E-state index contributed by atoms with van der Waals surface area (Å²) in [5.41, 5.74) is -0.175. The van der Waals surface area contributed by atoms with Gasteiger partial charge in [-0.3, -0.25) is 4.79 Å². The predicted molar refractivity (Wildman–Crippen MR) is 83.1 cm³/mol. The number of carbonyl (C=O) groups is 1. The van der Waals surface area contributed by atoms with Crippen molar-refractivity contribution in [2.24, 2.45) is 0 Å². The van der Waals surface area contributed by atoms with Crippen LogP contribution in [0.15, 0.2) is 35.8 Å². The Kier molecular flexibility index (Phi) is 4.94. The number of carbonyl (C=O) groups excluding carboxylic acids is 1. The maximum Gasteiger partial charge on any atom is 0.461 e. The first-order valence-electron chi connectivity index (χ1n) is 7.54. The molecule has 134 valence electrons. The molecule has 0 aliphatic carbocycles. The van der Waals surface area contributed by atoms with Crippen LogP contribution in [0.4, 0.5) is 17.6 Å². The van der Waals surface area contributed by atoms with E-state index in [1.807, 2.05) is 0 Å². The Morgan fingerprint density at radius 3 is 2.80 bits per heavy atom. The van der Waals surface area contributed by atoms with Crippen molar-refractivity contribution in [1.29, 1.82) is 0 Å². The molecule has 2 heterocycles. The highest BCUT2D eigenvalue weighted by molar-refractivity contribution is 7.09. The van der Waals surface area contributed by atoms with E-state index in [4.69, 9.17) is 0 Å². The lowest BCUT2D eigenvalue weighted by atomic mass is 10.1. The van der Waals surface area contributed by atoms with Gasteiger partial charge < -0.3 is 9.64 Å². The standard InChI is InChI=1S/C16H14F4N2O2S/c17-15(18)16(19,20)24-12-6-2-1-4-10(12)14(23)22-8-3-5-11(22)13-21-7-9-25-13/h1-2,4,6-7,9,11,15H,3,5,8H2. The number of para-hydroxylation sites is 1. The second-order valence-corrected chi connectivity index (χ2v) is 6.41. The first kappa shape index (κ1) is 17.7. The highest BCUT2D eigenvalue weighted by Crippen LogP contribution is 2.36. The molecule has 25 heavy (non-hydrogen) atoms. The number of nitrogens with zero attached hydrogens (tertiary/aromatic N) is 2. The zero-order valence-corrected chi connectivity index (χ0v) is 13.7. The van der Waals surface area contributed by atoms with Gasteiger partial charge in [0, 0.05) is 18.1 Å². The van der Waals surface area contributed by atoms with E-state index in [-0.39, 0.29) is 11.6 Å². The summed E-state index contributed by atoms with van der Waals surface area (Å²) < 4.78 is 55.5. The van der Waals surface area contributed by atoms with E-state index in [1.165, 1.54) is 34.4 Å². The molecule has 0 radical (unpaired) electrons. The molecule has 1 aromatic carbocycles. The Morgan fingerprint density at radius 2 is 2.12 bits per heavy atom. The van der Waals surface area contributed by atoms with Crippen LogP contribution in [0.2, 0.25) is 0 Å². The topological polar surface area (TPSA) is 42.4 Å². The van der Waals surface area contributed by atoms with Gasteiger partial charge in [0.15, 0.2) is 0 Å². The van der Waals surface area contributed by atoms with Crippen LogP contribution in [-0.4, -0.2) is 34.9 Å². The van der Waals surface area contributed by atoms with E-state index in [0.717, 1.165) is 17.5 Å². The van der Waals surface area contributed by atoms with Crippen LogP contribution in [0.3, 0.4) is 0 Å². The van der Waals surface area contributed by atoms with Crippen LogP contribution in [0.1, 0.15) is 34.2 Å². The fourth-order valence-corrected chi connectivity index (χ4v) is 3.53. The van der Waals surface area contributed by atoms with Crippen molar-refractivity contribution in [3.05, 3.63) is 46.4 Å². The minimum atomic E-state index is -4.67. The SMILES string of the molecule is O=C(c1ccccc1OC(F)(F)C(F)F)N1CCCC1c1nccs1.